The number of H-pyrrole nitrogens is 1. The first kappa shape index (κ1) is 10.7. The number of benzene rings is 2. The van der Waals surface area contributed by atoms with Crippen LogP contribution in [0.4, 0.5) is 5.82 Å². The van der Waals surface area contributed by atoms with Gasteiger partial charge >= 0.3 is 0 Å². The standard InChI is InChI=1S/C16H14N2/c17-16-14(12-7-3-1-4-8-12)11-15(18-16)13-9-5-2-6-10-13/h1-11,18H,17H2/i18+1. The molecule has 0 aliphatic carbocycles. The molecule has 2 heteroatoms. The van der Waals surface area contributed by atoms with Gasteiger partial charge in [-0.05, 0) is 17.2 Å². The summed E-state index contributed by atoms with van der Waals surface area (Å²) in [6.45, 7) is 0. The van der Waals surface area contributed by atoms with E-state index in [1.807, 2.05) is 36.4 Å². The molecular formula is C16H14N2. The molecule has 2 nitrogen and oxygen atoms in total. The van der Waals surface area contributed by atoms with Gasteiger partial charge in [0.25, 0.3) is 0 Å². The maximum atomic E-state index is 6.06. The molecule has 0 spiro atoms. The van der Waals surface area contributed by atoms with E-state index in [9.17, 15) is 0 Å². The topological polar surface area (TPSA) is 41.8 Å². The Kier molecular flexibility index (Phi) is 2.61. The predicted octanol–water partition coefficient (Wildman–Crippen LogP) is 3.93. The third kappa shape index (κ3) is 1.89. The maximum Gasteiger partial charge on any atom is 0.109 e. The van der Waals surface area contributed by atoms with Gasteiger partial charge in [0.1, 0.15) is 5.82 Å². The molecule has 2 aromatic carbocycles. The van der Waals surface area contributed by atoms with Crippen molar-refractivity contribution in [2.24, 2.45) is 0 Å². The Morgan fingerprint density at radius 1 is 0.722 bits per heavy atom. The van der Waals surface area contributed by atoms with Crippen LogP contribution < -0.4 is 5.73 Å². The number of nitrogen functional groups attached to an aromatic ring is 1. The Labute approximate surface area is 106 Å². The van der Waals surface area contributed by atoms with Gasteiger partial charge in [-0.2, -0.15) is 0 Å². The molecule has 0 aliphatic heterocycles. The summed E-state index contributed by atoms with van der Waals surface area (Å²) in [6, 6.07) is 22.5. The predicted molar refractivity (Wildman–Crippen MR) is 76.1 cm³/mol. The number of aromatic amines is 1. The molecule has 0 bridgehead atoms. The van der Waals surface area contributed by atoms with Crippen LogP contribution in [0.25, 0.3) is 22.4 Å². The zero-order chi connectivity index (χ0) is 12.4. The highest BCUT2D eigenvalue weighted by atomic mass is 15.5. The van der Waals surface area contributed by atoms with E-state index in [-0.39, 0.29) is 0 Å². The SMILES string of the molecule is Nc1[15nH]c(-c2ccccc2)cc1-c1ccccc1. The Morgan fingerprint density at radius 3 is 1.89 bits per heavy atom. The van der Waals surface area contributed by atoms with E-state index in [0.29, 0.717) is 5.82 Å². The number of nitrogens with one attached hydrogen (secondary N) is 1. The first-order chi connectivity index (χ1) is 8.84. The molecule has 0 aliphatic rings. The molecule has 0 fully saturated rings. The lowest BCUT2D eigenvalue weighted by atomic mass is 10.1. The van der Waals surface area contributed by atoms with E-state index in [0.717, 1.165) is 22.4 Å². The van der Waals surface area contributed by atoms with Gasteiger partial charge in [-0.1, -0.05) is 60.7 Å². The van der Waals surface area contributed by atoms with Crippen molar-refractivity contribution >= 4 is 5.82 Å². The monoisotopic (exact) mass is 235 g/mol. The number of hydrogen-bond donors (Lipinski definition) is 2. The minimum atomic E-state index is 0.708. The van der Waals surface area contributed by atoms with Crippen LogP contribution in [0.1, 0.15) is 0 Å². The molecule has 0 atom stereocenters. The minimum absolute atomic E-state index is 0.708. The summed E-state index contributed by atoms with van der Waals surface area (Å²) in [6.07, 6.45) is 0. The quantitative estimate of drug-likeness (QED) is 0.694. The zero-order valence-electron chi connectivity index (χ0n) is 9.93. The molecule has 1 aromatic heterocycles. The average Bonchev–Trinajstić information content (AvgIpc) is 2.83. The van der Waals surface area contributed by atoms with Crippen LogP contribution in [0.5, 0.6) is 0 Å². The van der Waals surface area contributed by atoms with Crippen LogP contribution >= 0.6 is 0 Å². The average molecular weight is 235 g/mol. The molecule has 0 radical (unpaired) electrons. The normalized spacial score (nSPS) is 10.4. The third-order valence-electron chi connectivity index (χ3n) is 3.02. The number of rotatable bonds is 2. The summed E-state index contributed by atoms with van der Waals surface area (Å²) in [7, 11) is 0. The molecule has 88 valence electrons. The van der Waals surface area contributed by atoms with E-state index in [1.54, 1.807) is 0 Å². The lowest BCUT2D eigenvalue weighted by Crippen LogP contribution is -1.87. The van der Waals surface area contributed by atoms with Crippen LogP contribution in [0.15, 0.2) is 66.7 Å². The fourth-order valence-corrected chi connectivity index (χ4v) is 2.10. The summed E-state index contributed by atoms with van der Waals surface area (Å²) in [5.41, 5.74) is 10.4. The second-order valence-electron chi connectivity index (χ2n) is 4.24. The van der Waals surface area contributed by atoms with Crippen LogP contribution in [-0.2, 0) is 0 Å². The summed E-state index contributed by atoms with van der Waals surface area (Å²) >= 11 is 0. The Morgan fingerprint density at radius 2 is 1.28 bits per heavy atom. The van der Waals surface area contributed by atoms with Crippen molar-refractivity contribution < 1.29 is 0 Å². The molecule has 0 amide bonds. The lowest BCUT2D eigenvalue weighted by Gasteiger charge is -1.97. The Balaban J connectivity index is 2.07. The van der Waals surface area contributed by atoms with Gasteiger partial charge < -0.3 is 10.7 Å². The Hall–Kier alpha value is -2.48. The number of aromatic nitrogens is 1. The number of anilines is 1. The van der Waals surface area contributed by atoms with Crippen LogP contribution in [-0.4, -0.2) is 4.98 Å². The fraction of sp³-hybridized carbons (Fsp3) is 0. The number of hydrogen-bond acceptors (Lipinski definition) is 1. The first-order valence-electron chi connectivity index (χ1n) is 5.94. The van der Waals surface area contributed by atoms with Crippen LogP contribution in [0.3, 0.4) is 0 Å². The van der Waals surface area contributed by atoms with E-state index in [1.165, 1.54) is 0 Å². The van der Waals surface area contributed by atoms with Crippen molar-refractivity contribution in [3.8, 4) is 22.4 Å². The summed E-state index contributed by atoms with van der Waals surface area (Å²) in [5, 5.41) is 0. The van der Waals surface area contributed by atoms with Crippen molar-refractivity contribution in [1.29, 1.82) is 0 Å². The van der Waals surface area contributed by atoms with Gasteiger partial charge in [-0.15, -0.1) is 0 Å². The smallest absolute Gasteiger partial charge is 0.109 e. The highest BCUT2D eigenvalue weighted by Gasteiger charge is 2.08. The maximum absolute atomic E-state index is 6.06. The van der Waals surface area contributed by atoms with Gasteiger partial charge in [-0.25, -0.2) is 0 Å². The second kappa shape index (κ2) is 4.41. The first-order valence-corrected chi connectivity index (χ1v) is 5.94. The van der Waals surface area contributed by atoms with Gasteiger partial charge in [0, 0.05) is 11.3 Å². The highest BCUT2D eigenvalue weighted by molar-refractivity contribution is 5.80. The van der Waals surface area contributed by atoms with Gasteiger partial charge in [0.15, 0.2) is 0 Å². The molecule has 3 aromatic rings. The van der Waals surface area contributed by atoms with Gasteiger partial charge in [0.2, 0.25) is 0 Å². The van der Waals surface area contributed by atoms with E-state index in [4.69, 9.17) is 5.73 Å². The fourth-order valence-electron chi connectivity index (χ4n) is 2.10. The third-order valence-corrected chi connectivity index (χ3v) is 3.02. The molecular weight excluding hydrogens is 221 g/mol. The summed E-state index contributed by atoms with van der Waals surface area (Å²) < 4.78 is 0. The lowest BCUT2D eigenvalue weighted by molar-refractivity contribution is 1.40. The van der Waals surface area contributed by atoms with E-state index < -0.39 is 0 Å². The van der Waals surface area contributed by atoms with Crippen molar-refractivity contribution in [2.75, 3.05) is 5.73 Å². The minimum Gasteiger partial charge on any atom is -0.385 e. The Bertz CT molecular complexity index is 639. The van der Waals surface area contributed by atoms with E-state index >= 15 is 0 Å². The molecule has 0 saturated heterocycles. The summed E-state index contributed by atoms with van der Waals surface area (Å²) in [4.78, 5) is 3.24. The van der Waals surface area contributed by atoms with Crippen molar-refractivity contribution in [3.63, 3.8) is 0 Å². The van der Waals surface area contributed by atoms with Gasteiger partial charge in [0.05, 0.1) is 0 Å². The van der Waals surface area contributed by atoms with Crippen molar-refractivity contribution in [1.82, 2.24) is 4.98 Å². The largest absolute Gasteiger partial charge is 0.385 e. The van der Waals surface area contributed by atoms with Crippen LogP contribution in [0, 0.1) is 0 Å². The van der Waals surface area contributed by atoms with E-state index in [2.05, 4.69) is 35.3 Å². The van der Waals surface area contributed by atoms with Crippen LogP contribution in [0.2, 0.25) is 0 Å². The highest BCUT2D eigenvalue weighted by Crippen LogP contribution is 2.30. The molecule has 0 saturated carbocycles. The molecule has 18 heavy (non-hydrogen) atoms. The molecule has 3 N–H and O–H groups in total. The number of nitrogens with two attached hydrogens (primary N) is 1. The molecule has 1 heterocycles. The van der Waals surface area contributed by atoms with Gasteiger partial charge in [-0.3, -0.25) is 0 Å². The summed E-state index contributed by atoms with van der Waals surface area (Å²) in [5.74, 6) is 0.708. The second-order valence-corrected chi connectivity index (χ2v) is 4.24. The molecule has 3 rings (SSSR count). The van der Waals surface area contributed by atoms with Crippen molar-refractivity contribution in [2.45, 2.75) is 0 Å². The van der Waals surface area contributed by atoms with Crippen molar-refractivity contribution in [3.05, 3.63) is 66.7 Å². The molecule has 0 unspecified atom stereocenters. The zero-order valence-corrected chi connectivity index (χ0v) is 9.93.